The number of hydrogen-bond donors (Lipinski definition) is 0. The summed E-state index contributed by atoms with van der Waals surface area (Å²) in [6.07, 6.45) is 4.96. The minimum Gasteiger partial charge on any atom is -0.461 e. The summed E-state index contributed by atoms with van der Waals surface area (Å²) in [7, 11) is 0. The Balaban J connectivity index is 1.50. The summed E-state index contributed by atoms with van der Waals surface area (Å²) in [5.74, 6) is 2.69. The van der Waals surface area contributed by atoms with E-state index in [0.717, 1.165) is 12.8 Å². The maximum Gasteiger partial charge on any atom is 0.238 e. The van der Waals surface area contributed by atoms with Gasteiger partial charge in [-0.15, -0.1) is 11.8 Å². The Morgan fingerprint density at radius 2 is 2.17 bits per heavy atom. The fourth-order valence-corrected chi connectivity index (χ4v) is 3.75. The van der Waals surface area contributed by atoms with Gasteiger partial charge in [-0.3, -0.25) is 4.79 Å². The van der Waals surface area contributed by atoms with Gasteiger partial charge in [-0.05, 0) is 45.2 Å². The Kier molecular flexibility index (Phi) is 5.05. The molecule has 2 aromatic rings. The number of aromatic nitrogens is 2. The summed E-state index contributed by atoms with van der Waals surface area (Å²) in [4.78, 5) is 18.7. The van der Waals surface area contributed by atoms with Gasteiger partial charge in [0, 0.05) is 12.1 Å². The summed E-state index contributed by atoms with van der Waals surface area (Å²) < 4.78 is 10.4. The maximum atomic E-state index is 12.4. The van der Waals surface area contributed by atoms with Crippen LogP contribution in [0.15, 0.2) is 27.3 Å². The number of thioether (sulfide) groups is 1. The molecular weight excluding hydrogens is 314 g/mol. The normalized spacial score (nSPS) is 21.6. The molecule has 124 valence electrons. The Bertz CT molecular complexity index is 631. The zero-order chi connectivity index (χ0) is 16.2. The van der Waals surface area contributed by atoms with Crippen molar-refractivity contribution in [2.45, 2.75) is 50.9 Å². The predicted octanol–water partition coefficient (Wildman–Crippen LogP) is 3.35. The van der Waals surface area contributed by atoms with E-state index in [9.17, 15) is 4.79 Å². The SMILES string of the molecule is C[C@@H]1CCC[C@H](C)N1C(=O)CSCc1nc(-c2ccco2)no1. The second kappa shape index (κ2) is 7.21. The molecule has 1 amide bonds. The lowest BCUT2D eigenvalue weighted by atomic mass is 9.98. The van der Waals surface area contributed by atoms with E-state index in [4.69, 9.17) is 8.94 Å². The van der Waals surface area contributed by atoms with Crippen molar-refractivity contribution < 1.29 is 13.7 Å². The fourth-order valence-electron chi connectivity index (χ4n) is 3.03. The molecule has 0 aromatic carbocycles. The third-order valence-electron chi connectivity index (χ3n) is 4.14. The van der Waals surface area contributed by atoms with Crippen LogP contribution in [0.5, 0.6) is 0 Å². The highest BCUT2D eigenvalue weighted by atomic mass is 32.2. The van der Waals surface area contributed by atoms with E-state index in [-0.39, 0.29) is 5.91 Å². The van der Waals surface area contributed by atoms with Gasteiger partial charge in [-0.25, -0.2) is 0 Å². The molecular formula is C16H21N3O3S. The van der Waals surface area contributed by atoms with Gasteiger partial charge in [0.2, 0.25) is 17.6 Å². The minimum absolute atomic E-state index is 0.195. The molecule has 1 saturated heterocycles. The third-order valence-corrected chi connectivity index (χ3v) is 5.04. The molecule has 0 N–H and O–H groups in total. The van der Waals surface area contributed by atoms with Gasteiger partial charge in [0.05, 0.1) is 17.8 Å². The summed E-state index contributed by atoms with van der Waals surface area (Å²) in [5.41, 5.74) is 0. The fraction of sp³-hybridized carbons (Fsp3) is 0.562. The zero-order valence-electron chi connectivity index (χ0n) is 13.4. The van der Waals surface area contributed by atoms with Gasteiger partial charge in [0.25, 0.3) is 0 Å². The van der Waals surface area contributed by atoms with Crippen LogP contribution in [0.25, 0.3) is 11.6 Å². The molecule has 0 unspecified atom stereocenters. The lowest BCUT2D eigenvalue weighted by molar-refractivity contribution is -0.134. The van der Waals surface area contributed by atoms with Crippen molar-refractivity contribution in [1.29, 1.82) is 0 Å². The van der Waals surface area contributed by atoms with E-state index >= 15 is 0 Å². The molecule has 7 heteroatoms. The van der Waals surface area contributed by atoms with Crippen LogP contribution in [-0.2, 0) is 10.5 Å². The van der Waals surface area contributed by atoms with Crippen LogP contribution in [0.1, 0.15) is 39.0 Å². The van der Waals surface area contributed by atoms with E-state index < -0.39 is 0 Å². The highest BCUT2D eigenvalue weighted by molar-refractivity contribution is 7.99. The van der Waals surface area contributed by atoms with Gasteiger partial charge < -0.3 is 13.8 Å². The van der Waals surface area contributed by atoms with Crippen molar-refractivity contribution in [2.24, 2.45) is 0 Å². The van der Waals surface area contributed by atoms with Crippen LogP contribution in [0, 0.1) is 0 Å². The number of amides is 1. The first-order valence-electron chi connectivity index (χ1n) is 7.90. The first kappa shape index (κ1) is 16.1. The minimum atomic E-state index is 0.195. The van der Waals surface area contributed by atoms with Crippen LogP contribution in [0.2, 0.25) is 0 Å². The summed E-state index contributed by atoms with van der Waals surface area (Å²) in [6, 6.07) is 4.23. The number of rotatable bonds is 5. The van der Waals surface area contributed by atoms with E-state index in [2.05, 4.69) is 24.0 Å². The average molecular weight is 335 g/mol. The van der Waals surface area contributed by atoms with Crippen LogP contribution in [0.4, 0.5) is 0 Å². The molecule has 0 aliphatic carbocycles. The molecule has 23 heavy (non-hydrogen) atoms. The molecule has 6 nitrogen and oxygen atoms in total. The molecule has 1 aliphatic rings. The van der Waals surface area contributed by atoms with Gasteiger partial charge in [-0.1, -0.05) is 5.16 Å². The number of nitrogens with zero attached hydrogens (tertiary/aromatic N) is 3. The number of carbonyl (C=O) groups excluding carboxylic acids is 1. The van der Waals surface area contributed by atoms with Gasteiger partial charge >= 0.3 is 0 Å². The quantitative estimate of drug-likeness (QED) is 0.834. The first-order chi connectivity index (χ1) is 11.1. The van der Waals surface area contributed by atoms with Gasteiger partial charge in [0.1, 0.15) is 0 Å². The molecule has 1 fully saturated rings. The zero-order valence-corrected chi connectivity index (χ0v) is 14.2. The standard InChI is InChI=1S/C16H21N3O3S/c1-11-5-3-6-12(2)19(11)15(20)10-23-9-14-17-16(18-22-14)13-7-4-8-21-13/h4,7-8,11-12H,3,5-6,9-10H2,1-2H3/t11-,12+. The van der Waals surface area contributed by atoms with Crippen LogP contribution >= 0.6 is 11.8 Å². The predicted molar refractivity (Wildman–Crippen MR) is 87.8 cm³/mol. The molecule has 0 radical (unpaired) electrons. The molecule has 2 aromatic heterocycles. The van der Waals surface area contributed by atoms with Crippen LogP contribution < -0.4 is 0 Å². The van der Waals surface area contributed by atoms with E-state index in [1.807, 2.05) is 4.90 Å². The molecule has 0 bridgehead atoms. The lowest BCUT2D eigenvalue weighted by Crippen LogP contribution is -2.48. The summed E-state index contributed by atoms with van der Waals surface area (Å²) >= 11 is 1.50. The topological polar surface area (TPSA) is 72.4 Å². The molecule has 2 atom stereocenters. The smallest absolute Gasteiger partial charge is 0.238 e. The Morgan fingerprint density at radius 3 is 2.87 bits per heavy atom. The van der Waals surface area contributed by atoms with Gasteiger partial charge in [0.15, 0.2) is 5.76 Å². The highest BCUT2D eigenvalue weighted by Gasteiger charge is 2.28. The van der Waals surface area contributed by atoms with Gasteiger partial charge in [-0.2, -0.15) is 4.98 Å². The molecule has 0 spiro atoms. The van der Waals surface area contributed by atoms with E-state index in [1.165, 1.54) is 18.2 Å². The highest BCUT2D eigenvalue weighted by Crippen LogP contribution is 2.24. The largest absolute Gasteiger partial charge is 0.461 e. The lowest BCUT2D eigenvalue weighted by Gasteiger charge is -2.39. The average Bonchev–Trinajstić information content (AvgIpc) is 3.18. The molecule has 3 rings (SSSR count). The Hall–Kier alpha value is -1.76. The van der Waals surface area contributed by atoms with E-state index in [1.54, 1.807) is 18.4 Å². The van der Waals surface area contributed by atoms with Crippen LogP contribution in [-0.4, -0.2) is 38.8 Å². The van der Waals surface area contributed by atoms with Crippen LogP contribution in [0.3, 0.4) is 0 Å². The van der Waals surface area contributed by atoms with Crippen molar-refractivity contribution in [2.75, 3.05) is 5.75 Å². The van der Waals surface area contributed by atoms with Crippen molar-refractivity contribution in [3.63, 3.8) is 0 Å². The number of piperidine rings is 1. The second-order valence-corrected chi connectivity index (χ2v) is 6.90. The van der Waals surface area contributed by atoms with E-state index in [0.29, 0.717) is 41.1 Å². The summed E-state index contributed by atoms with van der Waals surface area (Å²) in [5, 5.41) is 3.88. The number of furan rings is 1. The third kappa shape index (κ3) is 3.77. The maximum absolute atomic E-state index is 12.4. The van der Waals surface area contributed by atoms with Crippen molar-refractivity contribution >= 4 is 17.7 Å². The monoisotopic (exact) mass is 335 g/mol. The van der Waals surface area contributed by atoms with Crippen molar-refractivity contribution in [1.82, 2.24) is 15.0 Å². The second-order valence-electron chi connectivity index (χ2n) is 5.91. The number of hydrogen-bond acceptors (Lipinski definition) is 6. The number of carbonyl (C=O) groups is 1. The molecule has 3 heterocycles. The molecule has 0 saturated carbocycles. The Morgan fingerprint density at radius 1 is 1.39 bits per heavy atom. The number of likely N-dealkylation sites (tertiary alicyclic amines) is 1. The Labute approximate surface area is 139 Å². The first-order valence-corrected chi connectivity index (χ1v) is 9.06. The molecule has 1 aliphatic heterocycles. The summed E-state index contributed by atoms with van der Waals surface area (Å²) in [6.45, 7) is 4.26. The van der Waals surface area contributed by atoms with Crippen molar-refractivity contribution in [3.05, 3.63) is 24.3 Å². The van der Waals surface area contributed by atoms with Crippen molar-refractivity contribution in [3.8, 4) is 11.6 Å².